The van der Waals surface area contributed by atoms with Gasteiger partial charge in [0.15, 0.2) is 0 Å². The fraction of sp³-hybridized carbons (Fsp3) is 0.538. The molecule has 0 radical (unpaired) electrons. The van der Waals surface area contributed by atoms with E-state index in [0.29, 0.717) is 17.7 Å². The van der Waals surface area contributed by atoms with Gasteiger partial charge in [-0.05, 0) is 19.4 Å². The zero-order valence-corrected chi connectivity index (χ0v) is 12.1. The Morgan fingerprint density at radius 2 is 2.10 bits per heavy atom. The zero-order chi connectivity index (χ0) is 16.2. The lowest BCUT2D eigenvalue weighted by molar-refractivity contribution is -0.131. The zero-order valence-electron chi connectivity index (χ0n) is 12.1. The van der Waals surface area contributed by atoms with Crippen LogP contribution in [0.25, 0.3) is 6.08 Å². The summed E-state index contributed by atoms with van der Waals surface area (Å²) in [5, 5.41) is 12.8. The molecule has 0 fully saturated rings. The Morgan fingerprint density at radius 3 is 2.57 bits per heavy atom. The summed E-state index contributed by atoms with van der Waals surface area (Å²) in [7, 11) is 1.54. The first-order valence-corrected chi connectivity index (χ1v) is 6.42. The van der Waals surface area contributed by atoms with Gasteiger partial charge in [0.05, 0.1) is 5.69 Å². The predicted molar refractivity (Wildman–Crippen MR) is 73.2 cm³/mol. The lowest BCUT2D eigenvalue weighted by Gasteiger charge is -2.26. The molecule has 0 bridgehead atoms. The van der Waals surface area contributed by atoms with Crippen LogP contribution in [0.15, 0.2) is 6.08 Å². The summed E-state index contributed by atoms with van der Waals surface area (Å²) >= 11 is 0. The molecule has 1 aromatic heterocycles. The number of hydrogen-bond acceptors (Lipinski definition) is 3. The normalized spacial score (nSPS) is 12.1. The second kappa shape index (κ2) is 6.64. The summed E-state index contributed by atoms with van der Waals surface area (Å²) in [5.41, 5.74) is 0.867. The van der Waals surface area contributed by atoms with Crippen LogP contribution in [-0.4, -0.2) is 40.1 Å². The third-order valence-corrected chi connectivity index (χ3v) is 2.79. The highest BCUT2D eigenvalue weighted by atomic mass is 19.4. The Hall–Kier alpha value is -1.99. The molecule has 0 unspecified atom stereocenters. The van der Waals surface area contributed by atoms with Crippen molar-refractivity contribution in [2.24, 2.45) is 7.05 Å². The third-order valence-electron chi connectivity index (χ3n) is 2.79. The van der Waals surface area contributed by atoms with Crippen LogP contribution in [0.3, 0.4) is 0 Å². The van der Waals surface area contributed by atoms with E-state index >= 15 is 0 Å². The van der Waals surface area contributed by atoms with Gasteiger partial charge in [-0.2, -0.15) is 18.3 Å². The number of alkyl halides is 3. The minimum Gasteiger partial charge on any atom is -0.478 e. The van der Waals surface area contributed by atoms with E-state index in [1.165, 1.54) is 15.7 Å². The van der Waals surface area contributed by atoms with Crippen LogP contribution in [-0.2, 0) is 11.8 Å². The molecule has 0 aromatic carbocycles. The summed E-state index contributed by atoms with van der Waals surface area (Å²) in [4.78, 5) is 11.8. The molecule has 0 aliphatic carbocycles. The number of aliphatic carboxylic acids is 1. The quantitative estimate of drug-likeness (QED) is 0.821. The minimum atomic E-state index is -4.35. The number of aromatic nitrogens is 2. The van der Waals surface area contributed by atoms with Gasteiger partial charge in [0.1, 0.15) is 12.4 Å². The highest BCUT2D eigenvalue weighted by Gasteiger charge is 2.32. The average Bonchev–Trinajstić information content (AvgIpc) is 2.58. The molecular weight excluding hydrogens is 287 g/mol. The first kappa shape index (κ1) is 17.1. The molecule has 118 valence electrons. The van der Waals surface area contributed by atoms with Gasteiger partial charge in [-0.25, -0.2) is 4.79 Å². The maximum absolute atomic E-state index is 12.7. The van der Waals surface area contributed by atoms with Crippen molar-refractivity contribution >= 4 is 17.9 Å². The smallest absolute Gasteiger partial charge is 0.405 e. The number of hydrogen-bond donors (Lipinski definition) is 1. The summed E-state index contributed by atoms with van der Waals surface area (Å²) in [6.07, 6.45) is -1.65. The van der Waals surface area contributed by atoms with Crippen LogP contribution in [0.2, 0.25) is 0 Å². The van der Waals surface area contributed by atoms with E-state index in [4.69, 9.17) is 5.11 Å². The number of aryl methyl sites for hydroxylation is 2. The second-order valence-corrected chi connectivity index (χ2v) is 4.65. The first-order chi connectivity index (χ1) is 9.65. The van der Waals surface area contributed by atoms with Crippen LogP contribution >= 0.6 is 0 Å². The molecule has 1 N–H and O–H groups in total. The van der Waals surface area contributed by atoms with Crippen molar-refractivity contribution in [3.05, 3.63) is 17.3 Å². The monoisotopic (exact) mass is 305 g/mol. The molecule has 5 nitrogen and oxygen atoms in total. The van der Waals surface area contributed by atoms with Gasteiger partial charge in [0, 0.05) is 25.2 Å². The number of nitrogens with zero attached hydrogens (tertiary/aromatic N) is 3. The SMILES string of the molecule is CCCN(CC(F)(F)F)c1c(C=CC(=O)O)c(C)nn1C. The Morgan fingerprint density at radius 1 is 1.48 bits per heavy atom. The average molecular weight is 305 g/mol. The molecule has 0 aliphatic rings. The topological polar surface area (TPSA) is 58.4 Å². The van der Waals surface area contributed by atoms with Crippen molar-refractivity contribution < 1.29 is 23.1 Å². The molecule has 0 saturated carbocycles. The lowest BCUT2D eigenvalue weighted by atomic mass is 10.2. The van der Waals surface area contributed by atoms with Gasteiger partial charge < -0.3 is 10.0 Å². The lowest BCUT2D eigenvalue weighted by Crippen LogP contribution is -2.36. The number of carboxylic acid groups (broad SMARTS) is 1. The number of carboxylic acids is 1. The summed E-state index contributed by atoms with van der Waals surface area (Å²) in [6, 6.07) is 0. The largest absolute Gasteiger partial charge is 0.478 e. The molecule has 1 rings (SSSR count). The van der Waals surface area contributed by atoms with E-state index in [2.05, 4.69) is 5.10 Å². The van der Waals surface area contributed by atoms with Crippen LogP contribution in [0, 0.1) is 6.92 Å². The van der Waals surface area contributed by atoms with Crippen LogP contribution in [0.5, 0.6) is 0 Å². The predicted octanol–water partition coefficient (Wildman–Crippen LogP) is 2.61. The minimum absolute atomic E-state index is 0.201. The molecule has 0 aliphatic heterocycles. The van der Waals surface area contributed by atoms with E-state index in [9.17, 15) is 18.0 Å². The summed E-state index contributed by atoms with van der Waals surface area (Å²) < 4.78 is 39.5. The van der Waals surface area contributed by atoms with Crippen molar-refractivity contribution in [3.63, 3.8) is 0 Å². The number of carbonyl (C=O) groups is 1. The molecule has 0 spiro atoms. The van der Waals surface area contributed by atoms with Gasteiger partial charge in [-0.15, -0.1) is 0 Å². The molecule has 0 saturated heterocycles. The van der Waals surface area contributed by atoms with Crippen molar-refractivity contribution in [2.75, 3.05) is 18.0 Å². The van der Waals surface area contributed by atoms with Gasteiger partial charge in [-0.3, -0.25) is 4.68 Å². The Balaban J connectivity index is 3.26. The Labute approximate surface area is 120 Å². The molecule has 21 heavy (non-hydrogen) atoms. The van der Waals surface area contributed by atoms with Crippen LogP contribution < -0.4 is 4.90 Å². The molecule has 8 heteroatoms. The van der Waals surface area contributed by atoms with E-state index < -0.39 is 18.7 Å². The van der Waals surface area contributed by atoms with Crippen molar-refractivity contribution in [1.29, 1.82) is 0 Å². The number of halogens is 3. The second-order valence-electron chi connectivity index (χ2n) is 4.65. The van der Waals surface area contributed by atoms with Gasteiger partial charge in [-0.1, -0.05) is 6.92 Å². The highest BCUT2D eigenvalue weighted by molar-refractivity contribution is 5.87. The third kappa shape index (κ3) is 4.80. The Bertz CT molecular complexity index is 535. The first-order valence-electron chi connectivity index (χ1n) is 6.42. The van der Waals surface area contributed by atoms with E-state index in [1.54, 1.807) is 20.9 Å². The van der Waals surface area contributed by atoms with E-state index in [0.717, 1.165) is 6.08 Å². The fourth-order valence-corrected chi connectivity index (χ4v) is 2.13. The number of anilines is 1. The molecule has 1 heterocycles. The standard InChI is InChI=1S/C13H18F3N3O2/c1-4-7-19(8-13(14,15)16)12-10(5-6-11(20)21)9(2)17-18(12)3/h5-6H,4,7-8H2,1-3H3,(H,20,21). The maximum Gasteiger partial charge on any atom is 0.405 e. The summed E-state index contributed by atoms with van der Waals surface area (Å²) in [5.74, 6) is -0.897. The summed E-state index contributed by atoms with van der Waals surface area (Å²) in [6.45, 7) is 2.50. The maximum atomic E-state index is 12.7. The van der Waals surface area contributed by atoms with Crippen LogP contribution in [0.4, 0.5) is 19.0 Å². The molecule has 0 amide bonds. The van der Waals surface area contributed by atoms with E-state index in [1.807, 2.05) is 0 Å². The molecular formula is C13H18F3N3O2. The Kier molecular flexibility index (Phi) is 5.40. The van der Waals surface area contributed by atoms with E-state index in [-0.39, 0.29) is 12.4 Å². The van der Waals surface area contributed by atoms with Gasteiger partial charge in [0.25, 0.3) is 0 Å². The molecule has 1 aromatic rings. The highest BCUT2D eigenvalue weighted by Crippen LogP contribution is 2.28. The molecule has 0 atom stereocenters. The number of rotatable bonds is 6. The van der Waals surface area contributed by atoms with Crippen LogP contribution in [0.1, 0.15) is 24.6 Å². The fourth-order valence-electron chi connectivity index (χ4n) is 2.13. The van der Waals surface area contributed by atoms with Gasteiger partial charge in [0.2, 0.25) is 0 Å². The van der Waals surface area contributed by atoms with Gasteiger partial charge >= 0.3 is 12.1 Å². The van der Waals surface area contributed by atoms with Crippen molar-refractivity contribution in [3.8, 4) is 0 Å². The van der Waals surface area contributed by atoms with Crippen molar-refractivity contribution in [1.82, 2.24) is 9.78 Å². The van der Waals surface area contributed by atoms with Crippen molar-refractivity contribution in [2.45, 2.75) is 26.4 Å².